The number of aromatic nitrogens is 2. The Morgan fingerprint density at radius 2 is 1.84 bits per heavy atom. The van der Waals surface area contributed by atoms with Gasteiger partial charge in [0.25, 0.3) is 0 Å². The third-order valence-electron chi connectivity index (χ3n) is 3.71. The summed E-state index contributed by atoms with van der Waals surface area (Å²) in [6, 6.07) is 0. The predicted molar refractivity (Wildman–Crippen MR) is 104 cm³/mol. The summed E-state index contributed by atoms with van der Waals surface area (Å²) in [6.45, 7) is -1.13. The first-order chi connectivity index (χ1) is 14.4. The Hall–Kier alpha value is -0.700. The van der Waals surface area contributed by atoms with Gasteiger partial charge in [-0.3, -0.25) is 9.09 Å². The number of hydrogen-bond donors (Lipinski definition) is 7. The molecule has 6 unspecified atom stereocenters. The lowest BCUT2D eigenvalue weighted by atomic mass is 9.95. The molecule has 0 spiro atoms. The smallest absolute Gasteiger partial charge is 0.386 e. The molecule has 1 saturated heterocycles. The largest absolute Gasteiger partial charge is 0.490 e. The fourth-order valence-electron chi connectivity index (χ4n) is 2.44. The third kappa shape index (κ3) is 6.45. The van der Waals surface area contributed by atoms with Crippen molar-refractivity contribution in [2.24, 2.45) is 0 Å². The third-order valence-corrected chi connectivity index (χ3v) is 8.12. The number of H-pyrrole nitrogens is 1. The van der Waals surface area contributed by atoms with E-state index in [-0.39, 0.29) is 9.41 Å². The maximum atomic E-state index is 13.9. The highest BCUT2D eigenvalue weighted by Crippen LogP contribution is 2.66. The molecule has 6 atom stereocenters. The Bertz CT molecular complexity index is 1190. The van der Waals surface area contributed by atoms with E-state index in [2.05, 4.69) is 30.3 Å². The lowest BCUT2D eigenvalue weighted by Gasteiger charge is -2.27. The zero-order valence-electron chi connectivity index (χ0n) is 15.1. The molecule has 1 aliphatic rings. The van der Waals surface area contributed by atoms with E-state index in [1.54, 1.807) is 0 Å². The van der Waals surface area contributed by atoms with Gasteiger partial charge in [-0.25, -0.2) is 18.1 Å². The minimum absolute atomic E-state index is 0.282. The van der Waals surface area contributed by atoms with Gasteiger partial charge in [-0.05, 0) is 12.2 Å². The van der Waals surface area contributed by atoms with Crippen LogP contribution >= 0.6 is 47.9 Å². The number of hydrogen-bond acceptors (Lipinski definition) is 11. The van der Waals surface area contributed by atoms with Crippen molar-refractivity contribution in [3.63, 3.8) is 0 Å². The molecule has 0 saturated carbocycles. The van der Waals surface area contributed by atoms with Gasteiger partial charge in [0.1, 0.15) is 16.8 Å². The molecule has 21 heteroatoms. The highest BCUT2D eigenvalue weighted by molar-refractivity contribution is 7.72. The number of ether oxygens (including phenoxy) is 1. The summed E-state index contributed by atoms with van der Waals surface area (Å²) < 4.78 is 64.4. The molecular weight excluding hydrogens is 544 g/mol. The summed E-state index contributed by atoms with van der Waals surface area (Å²) >= 11 is 9.62. The van der Waals surface area contributed by atoms with Crippen LogP contribution in [-0.2, 0) is 31.6 Å². The quantitative estimate of drug-likeness (QED) is 0.130. The average molecular weight is 558 g/mol. The van der Waals surface area contributed by atoms with E-state index in [4.69, 9.17) is 38.1 Å². The molecule has 32 heavy (non-hydrogen) atoms. The van der Waals surface area contributed by atoms with Gasteiger partial charge in [0.05, 0.1) is 6.61 Å². The Balaban J connectivity index is 2.23. The zero-order valence-corrected chi connectivity index (χ0v) is 19.4. The average Bonchev–Trinajstić information content (AvgIpc) is 2.85. The second kappa shape index (κ2) is 9.51. The first kappa shape index (κ1) is 27.5. The van der Waals surface area contributed by atoms with Crippen molar-refractivity contribution in [1.82, 2.24) is 9.55 Å². The molecule has 1 aromatic rings. The number of nitrogens with zero attached hydrogens (tertiary/aromatic N) is 1. The number of aromatic amines is 1. The van der Waals surface area contributed by atoms with Crippen molar-refractivity contribution in [3.05, 3.63) is 21.4 Å². The van der Waals surface area contributed by atoms with E-state index < -0.39 is 59.9 Å². The molecule has 180 valence electrons. The maximum Gasteiger partial charge on any atom is 0.490 e. The molecule has 0 radical (unpaired) electrons. The van der Waals surface area contributed by atoms with Crippen LogP contribution in [0.4, 0.5) is 4.39 Å². The van der Waals surface area contributed by atoms with E-state index in [0.29, 0.717) is 6.20 Å². The SMILES string of the molecule is C#CC1(O)C(O)C(COP(=O)(O)OP(=O)(O)OP(=O)(O)O)OC1n1cc(F)c(=S)[nH]c1=S. The number of aliphatic hydroxyl groups is 2. The number of phosphoric ester groups is 1. The molecule has 1 aromatic heterocycles. The van der Waals surface area contributed by atoms with Crippen LogP contribution in [0.3, 0.4) is 0 Å². The molecule has 0 amide bonds. The van der Waals surface area contributed by atoms with Crippen molar-refractivity contribution in [2.75, 3.05) is 6.61 Å². The van der Waals surface area contributed by atoms with Crippen molar-refractivity contribution < 1.29 is 65.8 Å². The van der Waals surface area contributed by atoms with Crippen molar-refractivity contribution in [3.8, 4) is 12.3 Å². The minimum Gasteiger partial charge on any atom is -0.386 e. The molecule has 2 rings (SSSR count). The molecule has 0 aromatic carbocycles. The molecule has 15 nitrogen and oxygen atoms in total. The van der Waals surface area contributed by atoms with Gasteiger partial charge in [-0.1, -0.05) is 18.1 Å². The molecule has 0 aliphatic carbocycles. The predicted octanol–water partition coefficient (Wildman–Crippen LogP) is 0.380. The number of terminal acetylenes is 1. The molecule has 2 heterocycles. The summed E-state index contributed by atoms with van der Waals surface area (Å²) in [5.74, 6) is 0.835. The van der Waals surface area contributed by atoms with E-state index in [0.717, 1.165) is 4.57 Å². The minimum atomic E-state index is -5.78. The van der Waals surface area contributed by atoms with Crippen LogP contribution in [0.2, 0.25) is 0 Å². The topological polar surface area (TPSA) is 230 Å². The van der Waals surface area contributed by atoms with Crippen LogP contribution in [0, 0.1) is 27.6 Å². The second-order valence-corrected chi connectivity index (χ2v) is 11.2. The number of phosphoric acid groups is 3. The molecule has 1 aliphatic heterocycles. The van der Waals surface area contributed by atoms with Gasteiger partial charge in [-0.15, -0.1) is 6.42 Å². The molecule has 0 bridgehead atoms. The van der Waals surface area contributed by atoms with Gasteiger partial charge < -0.3 is 39.5 Å². The molecular formula is C11H14FN2O13P3S2. The zero-order chi connectivity index (χ0) is 24.7. The lowest BCUT2D eigenvalue weighted by molar-refractivity contribution is -0.0755. The monoisotopic (exact) mass is 558 g/mol. The maximum absolute atomic E-state index is 13.9. The van der Waals surface area contributed by atoms with Crippen molar-refractivity contribution >= 4 is 47.9 Å². The lowest BCUT2D eigenvalue weighted by Crippen LogP contribution is -2.46. The van der Waals surface area contributed by atoms with Crippen LogP contribution in [0.1, 0.15) is 6.23 Å². The summed E-state index contributed by atoms with van der Waals surface area (Å²) in [5.41, 5.74) is -2.58. The Kier molecular flexibility index (Phi) is 8.19. The molecule has 7 N–H and O–H groups in total. The van der Waals surface area contributed by atoms with Crippen LogP contribution in [0.15, 0.2) is 6.20 Å². The van der Waals surface area contributed by atoms with Gasteiger partial charge >= 0.3 is 23.5 Å². The summed E-state index contributed by atoms with van der Waals surface area (Å²) in [5, 5.41) is 21.0. The highest BCUT2D eigenvalue weighted by atomic mass is 32.1. The Morgan fingerprint density at radius 1 is 1.25 bits per heavy atom. The first-order valence-electron chi connectivity index (χ1n) is 7.74. The van der Waals surface area contributed by atoms with Crippen LogP contribution in [0.5, 0.6) is 0 Å². The van der Waals surface area contributed by atoms with E-state index >= 15 is 0 Å². The van der Waals surface area contributed by atoms with Crippen molar-refractivity contribution in [1.29, 1.82) is 0 Å². The molecule has 1 fully saturated rings. The van der Waals surface area contributed by atoms with Gasteiger partial charge in [-0.2, -0.15) is 8.62 Å². The van der Waals surface area contributed by atoms with Crippen LogP contribution < -0.4 is 0 Å². The Labute approximate surface area is 187 Å². The van der Waals surface area contributed by atoms with E-state index in [9.17, 15) is 33.2 Å². The number of halogens is 1. The fraction of sp³-hybridized carbons (Fsp3) is 0.455. The fourth-order valence-corrected chi connectivity index (χ4v) is 5.94. The number of aliphatic hydroxyl groups excluding tert-OH is 1. The first-order valence-corrected chi connectivity index (χ1v) is 13.1. The standard InChI is InChI=1S/C11H14FN2O13P3S2/c1-2-11(16)7(15)6(25-9(11)14-3-5(12)8(31)13-10(14)32)4-24-29(20,21)27-30(22,23)26-28(17,18)19/h1,3,6-7,9,15-16H,4H2,(H,20,21)(H,22,23)(H,13,31,32)(H2,17,18,19). The second-order valence-electron chi connectivity index (χ2n) is 5.97. The normalized spacial score (nSPS) is 29.8. The van der Waals surface area contributed by atoms with Gasteiger partial charge in [0, 0.05) is 6.20 Å². The summed E-state index contributed by atoms with van der Waals surface area (Å²) in [7, 11) is -16.9. The number of rotatable bonds is 8. The van der Waals surface area contributed by atoms with Crippen molar-refractivity contribution in [2.45, 2.75) is 24.0 Å². The summed E-state index contributed by atoms with van der Waals surface area (Å²) in [4.78, 5) is 37.9. The van der Waals surface area contributed by atoms with Crippen LogP contribution in [-0.4, -0.2) is 63.8 Å². The van der Waals surface area contributed by atoms with E-state index in [1.807, 2.05) is 5.92 Å². The van der Waals surface area contributed by atoms with Gasteiger partial charge in [0.15, 0.2) is 22.4 Å². The number of nitrogens with one attached hydrogen (secondary N) is 1. The van der Waals surface area contributed by atoms with E-state index in [1.165, 1.54) is 0 Å². The highest BCUT2D eigenvalue weighted by Gasteiger charge is 2.56. The Morgan fingerprint density at radius 3 is 2.38 bits per heavy atom. The van der Waals surface area contributed by atoms with Gasteiger partial charge in [0.2, 0.25) is 0 Å². The van der Waals surface area contributed by atoms with Crippen LogP contribution in [0.25, 0.3) is 0 Å². The summed E-state index contributed by atoms with van der Waals surface area (Å²) in [6.07, 6.45) is 0.437.